The number of benzene rings is 1. The normalized spacial score (nSPS) is 17.9. The predicted molar refractivity (Wildman–Crippen MR) is 104 cm³/mol. The number of hydrogen-bond donors (Lipinski definition) is 2. The van der Waals surface area contributed by atoms with E-state index in [2.05, 4.69) is 25.3 Å². The smallest absolute Gasteiger partial charge is 0.182 e. The lowest BCUT2D eigenvalue weighted by Crippen LogP contribution is -2.35. The number of halogens is 2. The summed E-state index contributed by atoms with van der Waals surface area (Å²) in [5.74, 6) is -0.771. The lowest BCUT2D eigenvalue weighted by atomic mass is 9.84. The number of rotatable bonds is 5. The number of imidazole rings is 1. The van der Waals surface area contributed by atoms with E-state index in [-0.39, 0.29) is 12.0 Å². The largest absolute Gasteiger partial charge is 0.360 e. The summed E-state index contributed by atoms with van der Waals surface area (Å²) in [6, 6.07) is 3.47. The summed E-state index contributed by atoms with van der Waals surface area (Å²) >= 11 is 0. The van der Waals surface area contributed by atoms with Crippen LogP contribution in [-0.2, 0) is 0 Å². The van der Waals surface area contributed by atoms with Crippen molar-refractivity contribution in [1.82, 2.24) is 19.9 Å². The highest BCUT2D eigenvalue weighted by molar-refractivity contribution is 5.99. The second kappa shape index (κ2) is 7.46. The Morgan fingerprint density at radius 1 is 1.18 bits per heavy atom. The minimum absolute atomic E-state index is 0.165. The van der Waals surface area contributed by atoms with Gasteiger partial charge in [-0.05, 0) is 37.5 Å². The molecule has 0 saturated carbocycles. The van der Waals surface area contributed by atoms with Gasteiger partial charge < -0.3 is 10.3 Å². The van der Waals surface area contributed by atoms with Crippen LogP contribution in [0.2, 0.25) is 0 Å². The highest BCUT2D eigenvalue weighted by atomic mass is 19.1. The molecule has 0 aliphatic carbocycles. The lowest BCUT2D eigenvalue weighted by molar-refractivity contribution is 0.577. The van der Waals surface area contributed by atoms with Crippen LogP contribution >= 0.6 is 0 Å². The van der Waals surface area contributed by atoms with E-state index >= 15 is 0 Å². The summed E-state index contributed by atoms with van der Waals surface area (Å²) in [4.78, 5) is 20.4. The van der Waals surface area contributed by atoms with Crippen LogP contribution in [0.15, 0.2) is 47.6 Å². The van der Waals surface area contributed by atoms with Gasteiger partial charge in [-0.25, -0.2) is 23.7 Å². The van der Waals surface area contributed by atoms with Gasteiger partial charge in [0.15, 0.2) is 11.5 Å². The third-order valence-electron chi connectivity index (χ3n) is 4.90. The summed E-state index contributed by atoms with van der Waals surface area (Å²) in [5.41, 5.74) is 3.57. The van der Waals surface area contributed by atoms with Crippen LogP contribution in [0.3, 0.4) is 0 Å². The number of nitrogens with one attached hydrogen (secondary N) is 2. The molecular formula is C20H20F2N6. The zero-order valence-corrected chi connectivity index (χ0v) is 15.6. The Kier molecular flexibility index (Phi) is 4.85. The molecule has 0 radical (unpaired) electrons. The Hall–Kier alpha value is -3.16. The fourth-order valence-electron chi connectivity index (χ4n) is 3.56. The van der Waals surface area contributed by atoms with Crippen LogP contribution < -0.4 is 5.32 Å². The molecule has 0 bridgehead atoms. The number of H-pyrrole nitrogens is 1. The number of anilines is 1. The highest BCUT2D eigenvalue weighted by Crippen LogP contribution is 2.31. The van der Waals surface area contributed by atoms with E-state index < -0.39 is 11.6 Å². The van der Waals surface area contributed by atoms with E-state index in [1.165, 1.54) is 18.5 Å². The minimum Gasteiger partial charge on any atom is -0.360 e. The maximum absolute atomic E-state index is 13.8. The molecule has 144 valence electrons. The summed E-state index contributed by atoms with van der Waals surface area (Å²) in [5, 5.41) is 3.41. The van der Waals surface area contributed by atoms with Crippen LogP contribution in [0, 0.1) is 11.6 Å². The van der Waals surface area contributed by atoms with Gasteiger partial charge in [0.1, 0.15) is 23.5 Å². The molecular weight excluding hydrogens is 362 g/mol. The zero-order chi connectivity index (χ0) is 19.7. The molecule has 28 heavy (non-hydrogen) atoms. The van der Waals surface area contributed by atoms with Crippen molar-refractivity contribution < 1.29 is 8.78 Å². The fourth-order valence-corrected chi connectivity index (χ4v) is 3.56. The average molecular weight is 382 g/mol. The number of aromatic amines is 1. The molecule has 8 heteroatoms. The zero-order valence-electron chi connectivity index (χ0n) is 15.6. The number of fused-ring (bicyclic) bond motifs is 1. The van der Waals surface area contributed by atoms with Gasteiger partial charge in [0.25, 0.3) is 0 Å². The summed E-state index contributed by atoms with van der Waals surface area (Å²) in [6.45, 7) is 3.95. The first-order valence-corrected chi connectivity index (χ1v) is 9.17. The average Bonchev–Trinajstić information content (AvgIpc) is 3.15. The highest BCUT2D eigenvalue weighted by Gasteiger charge is 2.28. The minimum atomic E-state index is -0.586. The first kappa shape index (κ1) is 18.2. The van der Waals surface area contributed by atoms with Crippen LogP contribution in [0.5, 0.6) is 0 Å². The molecule has 2 aromatic heterocycles. The van der Waals surface area contributed by atoms with Gasteiger partial charge in [-0.1, -0.05) is 13.0 Å². The number of aromatic nitrogens is 4. The predicted octanol–water partition coefficient (Wildman–Crippen LogP) is 4.35. The van der Waals surface area contributed by atoms with Crippen molar-refractivity contribution in [2.75, 3.05) is 5.32 Å². The van der Waals surface area contributed by atoms with Gasteiger partial charge in [0.05, 0.1) is 12.4 Å². The summed E-state index contributed by atoms with van der Waals surface area (Å²) < 4.78 is 27.6. The molecule has 4 rings (SSSR count). The number of nitrogens with zero attached hydrogens (tertiary/aromatic N) is 4. The van der Waals surface area contributed by atoms with Crippen molar-refractivity contribution in [3.8, 4) is 0 Å². The van der Waals surface area contributed by atoms with E-state index in [0.29, 0.717) is 29.0 Å². The maximum Gasteiger partial charge on any atom is 0.182 e. The van der Waals surface area contributed by atoms with Crippen molar-refractivity contribution in [2.24, 2.45) is 4.99 Å². The summed E-state index contributed by atoms with van der Waals surface area (Å²) in [7, 11) is 0. The molecule has 1 aliphatic heterocycles. The Morgan fingerprint density at radius 3 is 2.71 bits per heavy atom. The Balaban J connectivity index is 1.71. The molecule has 2 atom stereocenters. The topological polar surface area (TPSA) is 78.9 Å². The molecule has 0 saturated heterocycles. The standard InChI is InChI=1S/C20H20F2N6/c1-3-16(28-20-18-19(24-9-23-18)25-10-26-20)17-15(5-4-11(2)27-17)12-6-13(21)8-14(22)7-12/h4,6-10,15-16H,3,5H2,1-2H3,(H2,23,24,25,26,28). The van der Waals surface area contributed by atoms with E-state index in [1.54, 1.807) is 6.33 Å². The molecule has 6 nitrogen and oxygen atoms in total. The van der Waals surface area contributed by atoms with Crippen LogP contribution in [0.1, 0.15) is 38.2 Å². The molecule has 1 aromatic carbocycles. The Labute approximate surface area is 160 Å². The first-order chi connectivity index (χ1) is 13.5. The maximum atomic E-state index is 13.8. The molecule has 2 unspecified atom stereocenters. The van der Waals surface area contributed by atoms with Crippen LogP contribution in [-0.4, -0.2) is 31.7 Å². The van der Waals surface area contributed by atoms with Gasteiger partial charge in [-0.15, -0.1) is 0 Å². The number of hydrogen-bond acceptors (Lipinski definition) is 5. The SMILES string of the molecule is CCC(Nc1ncnc2nc[nH]c12)C1=NC(C)=CCC1c1cc(F)cc(F)c1. The van der Waals surface area contributed by atoms with Crippen molar-refractivity contribution in [3.63, 3.8) is 0 Å². The molecule has 2 N–H and O–H groups in total. The van der Waals surface area contributed by atoms with Crippen molar-refractivity contribution in [3.05, 3.63) is 59.8 Å². The van der Waals surface area contributed by atoms with Gasteiger partial charge >= 0.3 is 0 Å². The molecule has 1 aliphatic rings. The Bertz CT molecular complexity index is 1050. The third-order valence-corrected chi connectivity index (χ3v) is 4.90. The first-order valence-electron chi connectivity index (χ1n) is 9.17. The van der Waals surface area contributed by atoms with E-state index in [4.69, 9.17) is 4.99 Å². The van der Waals surface area contributed by atoms with Crippen molar-refractivity contribution >= 4 is 22.7 Å². The quantitative estimate of drug-likeness (QED) is 0.687. The second-order valence-corrected chi connectivity index (χ2v) is 6.80. The third kappa shape index (κ3) is 3.49. The second-order valence-electron chi connectivity index (χ2n) is 6.80. The molecule has 3 heterocycles. The van der Waals surface area contributed by atoms with Gasteiger partial charge in [-0.2, -0.15) is 0 Å². The Morgan fingerprint density at radius 2 is 1.96 bits per heavy atom. The fraction of sp³-hybridized carbons (Fsp3) is 0.300. The number of aliphatic imine (C=N–C) groups is 1. The van der Waals surface area contributed by atoms with Gasteiger partial charge in [-0.3, -0.25) is 4.99 Å². The van der Waals surface area contributed by atoms with Crippen LogP contribution in [0.4, 0.5) is 14.6 Å². The molecule has 3 aromatic rings. The van der Waals surface area contributed by atoms with E-state index in [0.717, 1.165) is 23.9 Å². The monoisotopic (exact) mass is 382 g/mol. The molecule has 0 amide bonds. The van der Waals surface area contributed by atoms with Crippen LogP contribution in [0.25, 0.3) is 11.2 Å². The molecule has 0 fully saturated rings. The van der Waals surface area contributed by atoms with Gasteiger partial charge in [0.2, 0.25) is 0 Å². The van der Waals surface area contributed by atoms with E-state index in [9.17, 15) is 8.78 Å². The van der Waals surface area contributed by atoms with E-state index in [1.807, 2.05) is 19.9 Å². The lowest BCUT2D eigenvalue weighted by Gasteiger charge is -2.29. The van der Waals surface area contributed by atoms with Gasteiger partial charge in [0, 0.05) is 23.4 Å². The van der Waals surface area contributed by atoms with Crippen molar-refractivity contribution in [1.29, 1.82) is 0 Å². The molecule has 0 spiro atoms. The van der Waals surface area contributed by atoms with Crippen molar-refractivity contribution in [2.45, 2.75) is 38.6 Å². The number of allylic oxidation sites excluding steroid dienone is 2. The summed E-state index contributed by atoms with van der Waals surface area (Å²) in [6.07, 6.45) is 6.36.